The molecule has 0 unspecified atom stereocenters. The van der Waals surface area contributed by atoms with Crippen LogP contribution in [0.3, 0.4) is 0 Å². The molecule has 0 radical (unpaired) electrons. The molecule has 0 aliphatic heterocycles. The number of carbonyl (C=O) groups is 1. The number of nitrogen functional groups attached to an aromatic ring is 1. The van der Waals surface area contributed by atoms with Crippen LogP contribution in [0.1, 0.15) is 10.4 Å². The highest BCUT2D eigenvalue weighted by Crippen LogP contribution is 2.19. The number of aromatic nitrogens is 5. The van der Waals surface area contributed by atoms with E-state index in [1.807, 2.05) is 0 Å². The second-order valence-electron chi connectivity index (χ2n) is 5.30. The summed E-state index contributed by atoms with van der Waals surface area (Å²) in [4.78, 5) is 28.4. The van der Waals surface area contributed by atoms with Crippen LogP contribution in [-0.2, 0) is 0 Å². The Morgan fingerprint density at radius 3 is 2.88 bits per heavy atom. The third-order valence-electron chi connectivity index (χ3n) is 3.65. The van der Waals surface area contributed by atoms with Crippen molar-refractivity contribution in [3.63, 3.8) is 0 Å². The van der Waals surface area contributed by atoms with Crippen molar-refractivity contribution in [2.75, 3.05) is 11.1 Å². The minimum absolute atomic E-state index is 0.119. The lowest BCUT2D eigenvalue weighted by atomic mass is 10.3. The Balaban J connectivity index is 1.79. The van der Waals surface area contributed by atoms with Gasteiger partial charge in [-0.3, -0.25) is 14.2 Å². The Kier molecular flexibility index (Phi) is 3.39. The van der Waals surface area contributed by atoms with Crippen LogP contribution in [0.4, 0.5) is 17.3 Å². The highest BCUT2D eigenvalue weighted by Gasteiger charge is 2.15. The van der Waals surface area contributed by atoms with Gasteiger partial charge in [-0.05, 0) is 12.1 Å². The molecule has 26 heavy (non-hydrogen) atoms. The number of primary amides is 1. The zero-order chi connectivity index (χ0) is 18.3. The number of amides is 1. The van der Waals surface area contributed by atoms with Crippen LogP contribution in [0.25, 0.3) is 11.5 Å². The molecule has 0 saturated heterocycles. The Morgan fingerprint density at radius 2 is 2.15 bits per heavy atom. The number of nitrogens with two attached hydrogens (primary N) is 2. The number of pyridine rings is 1. The van der Waals surface area contributed by atoms with Gasteiger partial charge >= 0.3 is 0 Å². The maximum Gasteiger partial charge on any atom is 0.280 e. The predicted octanol–water partition coefficient (Wildman–Crippen LogP) is 0.293. The first-order valence-corrected chi connectivity index (χ1v) is 7.38. The fourth-order valence-corrected chi connectivity index (χ4v) is 2.46. The third kappa shape index (κ3) is 2.43. The van der Waals surface area contributed by atoms with Crippen molar-refractivity contribution in [1.82, 2.24) is 24.3 Å². The van der Waals surface area contributed by atoms with Crippen molar-refractivity contribution in [2.24, 2.45) is 5.73 Å². The minimum atomic E-state index is -0.683. The van der Waals surface area contributed by atoms with E-state index in [4.69, 9.17) is 16.0 Å². The van der Waals surface area contributed by atoms with E-state index in [1.54, 1.807) is 24.4 Å². The van der Waals surface area contributed by atoms with E-state index in [2.05, 4.69) is 20.6 Å². The van der Waals surface area contributed by atoms with Crippen molar-refractivity contribution >= 4 is 28.9 Å². The second kappa shape index (κ2) is 5.73. The smallest absolute Gasteiger partial charge is 0.280 e. The normalized spacial score (nSPS) is 10.9. The summed E-state index contributed by atoms with van der Waals surface area (Å²) in [7, 11) is 0. The Hall–Kier alpha value is -4.15. The molecule has 4 heterocycles. The van der Waals surface area contributed by atoms with Crippen LogP contribution < -0.4 is 22.3 Å². The molecule has 5 N–H and O–H groups in total. The summed E-state index contributed by atoms with van der Waals surface area (Å²) in [6.45, 7) is 0. The van der Waals surface area contributed by atoms with Crippen molar-refractivity contribution in [3.8, 4) is 5.82 Å². The van der Waals surface area contributed by atoms with Gasteiger partial charge in [0.25, 0.3) is 11.5 Å². The standard InChI is InChI=1S/C15H12N8O3/c16-10-6-11(20-14-8(13(17)24)7-18-23(10)14)19-9-2-1-4-22(15(9)25)12-3-5-26-21-12/h1-7H,16H2,(H2,17,24)(H,19,20). The van der Waals surface area contributed by atoms with Gasteiger partial charge in [0.15, 0.2) is 11.5 Å². The summed E-state index contributed by atoms with van der Waals surface area (Å²) in [5.74, 6) is 0.135. The fourth-order valence-electron chi connectivity index (χ4n) is 2.46. The van der Waals surface area contributed by atoms with E-state index in [1.165, 1.54) is 27.6 Å². The SMILES string of the molecule is NC(=O)c1cnn2c(N)cc(Nc3cccn(-c4ccon4)c3=O)nc12. The summed E-state index contributed by atoms with van der Waals surface area (Å²) in [5.41, 5.74) is 11.4. The summed E-state index contributed by atoms with van der Waals surface area (Å²) in [5, 5.41) is 10.6. The molecule has 0 spiro atoms. The highest BCUT2D eigenvalue weighted by atomic mass is 16.5. The van der Waals surface area contributed by atoms with Crippen molar-refractivity contribution in [1.29, 1.82) is 0 Å². The largest absolute Gasteiger partial charge is 0.383 e. The van der Waals surface area contributed by atoms with Crippen LogP contribution in [-0.4, -0.2) is 30.2 Å². The summed E-state index contributed by atoms with van der Waals surface area (Å²) >= 11 is 0. The molecule has 0 aliphatic rings. The minimum Gasteiger partial charge on any atom is -0.383 e. The van der Waals surface area contributed by atoms with Gasteiger partial charge in [-0.2, -0.15) is 9.61 Å². The van der Waals surface area contributed by atoms with Crippen molar-refractivity contribution in [3.05, 3.63) is 58.8 Å². The first kappa shape index (κ1) is 15.4. The number of rotatable bonds is 4. The lowest BCUT2D eigenvalue weighted by molar-refractivity contribution is 0.100. The van der Waals surface area contributed by atoms with Crippen LogP contribution in [0.5, 0.6) is 0 Å². The van der Waals surface area contributed by atoms with Crippen LogP contribution in [0.2, 0.25) is 0 Å². The molecule has 0 aromatic carbocycles. The molecular formula is C15H12N8O3. The maximum atomic E-state index is 12.6. The van der Waals surface area contributed by atoms with Crippen LogP contribution in [0, 0.1) is 0 Å². The summed E-state index contributed by atoms with van der Waals surface area (Å²) in [6, 6.07) is 6.27. The number of anilines is 3. The average molecular weight is 352 g/mol. The summed E-state index contributed by atoms with van der Waals surface area (Å²) < 4.78 is 7.35. The molecule has 0 fully saturated rings. The van der Waals surface area contributed by atoms with Gasteiger partial charge in [0.2, 0.25) is 0 Å². The fraction of sp³-hybridized carbons (Fsp3) is 0. The Morgan fingerprint density at radius 1 is 1.31 bits per heavy atom. The number of nitrogens with zero attached hydrogens (tertiary/aromatic N) is 5. The molecule has 0 aliphatic carbocycles. The van der Waals surface area contributed by atoms with Crippen LogP contribution >= 0.6 is 0 Å². The van der Waals surface area contributed by atoms with Gasteiger partial charge in [0.1, 0.15) is 29.1 Å². The van der Waals surface area contributed by atoms with E-state index in [-0.39, 0.29) is 34.1 Å². The first-order valence-electron chi connectivity index (χ1n) is 7.38. The van der Waals surface area contributed by atoms with Gasteiger partial charge in [-0.1, -0.05) is 5.16 Å². The molecule has 0 saturated carbocycles. The van der Waals surface area contributed by atoms with Crippen molar-refractivity contribution < 1.29 is 9.32 Å². The van der Waals surface area contributed by atoms with E-state index in [9.17, 15) is 9.59 Å². The zero-order valence-corrected chi connectivity index (χ0v) is 13.2. The third-order valence-corrected chi connectivity index (χ3v) is 3.65. The molecule has 4 aromatic heterocycles. The van der Waals surface area contributed by atoms with Gasteiger partial charge in [-0.15, -0.1) is 0 Å². The Labute approximate surface area is 144 Å². The molecular weight excluding hydrogens is 340 g/mol. The maximum absolute atomic E-state index is 12.6. The zero-order valence-electron chi connectivity index (χ0n) is 13.2. The topological polar surface area (TPSA) is 159 Å². The molecule has 130 valence electrons. The Bertz CT molecular complexity index is 1180. The molecule has 0 atom stereocenters. The molecule has 11 heteroatoms. The number of nitrogens with one attached hydrogen (secondary N) is 1. The predicted molar refractivity (Wildman–Crippen MR) is 91.3 cm³/mol. The molecule has 1 amide bonds. The van der Waals surface area contributed by atoms with Crippen molar-refractivity contribution in [2.45, 2.75) is 0 Å². The van der Waals surface area contributed by atoms with E-state index < -0.39 is 5.91 Å². The van der Waals surface area contributed by atoms with Gasteiger partial charge in [0, 0.05) is 18.3 Å². The van der Waals surface area contributed by atoms with E-state index >= 15 is 0 Å². The molecule has 4 aromatic rings. The second-order valence-corrected chi connectivity index (χ2v) is 5.30. The lowest BCUT2D eigenvalue weighted by Gasteiger charge is -2.09. The average Bonchev–Trinajstić information content (AvgIpc) is 3.26. The number of hydrogen-bond donors (Lipinski definition) is 3. The monoisotopic (exact) mass is 352 g/mol. The van der Waals surface area contributed by atoms with Gasteiger partial charge in [0.05, 0.1) is 6.20 Å². The summed E-state index contributed by atoms with van der Waals surface area (Å²) in [6.07, 6.45) is 4.20. The quantitative estimate of drug-likeness (QED) is 0.472. The van der Waals surface area contributed by atoms with Gasteiger partial charge in [-0.25, -0.2) is 4.98 Å². The van der Waals surface area contributed by atoms with E-state index in [0.717, 1.165) is 0 Å². The van der Waals surface area contributed by atoms with Gasteiger partial charge < -0.3 is 21.3 Å². The molecule has 11 nitrogen and oxygen atoms in total. The van der Waals surface area contributed by atoms with E-state index in [0.29, 0.717) is 5.82 Å². The van der Waals surface area contributed by atoms with Crippen LogP contribution in [0.15, 0.2) is 52.2 Å². The first-order chi connectivity index (χ1) is 12.5. The molecule has 4 rings (SSSR count). The molecule has 0 bridgehead atoms. The lowest BCUT2D eigenvalue weighted by Crippen LogP contribution is -2.21. The number of carbonyl (C=O) groups excluding carboxylic acids is 1. The number of fused-ring (bicyclic) bond motifs is 1. The number of hydrogen-bond acceptors (Lipinski definition) is 8. The highest BCUT2D eigenvalue weighted by molar-refractivity contribution is 5.98.